The molecule has 0 unspecified atom stereocenters. The minimum atomic E-state index is -0.439. The Morgan fingerprint density at radius 1 is 1.39 bits per heavy atom. The molecule has 18 heavy (non-hydrogen) atoms. The van der Waals surface area contributed by atoms with E-state index in [1.165, 1.54) is 11.8 Å². The fraction of sp³-hybridized carbons (Fsp3) is 0.231. The number of nitrogens with zero attached hydrogens (tertiary/aromatic N) is 1. The predicted octanol–water partition coefficient (Wildman–Crippen LogP) is 1.57. The van der Waals surface area contributed by atoms with Gasteiger partial charge in [0.2, 0.25) is 5.91 Å². The molecule has 5 heteroatoms. The molecule has 2 amide bonds. The van der Waals surface area contributed by atoms with Crippen LogP contribution >= 0.6 is 0 Å². The maximum absolute atomic E-state index is 11.5. The van der Waals surface area contributed by atoms with Crippen molar-refractivity contribution < 1.29 is 14.3 Å². The van der Waals surface area contributed by atoms with E-state index in [0.717, 1.165) is 5.56 Å². The summed E-state index contributed by atoms with van der Waals surface area (Å²) in [5.41, 5.74) is 0.904. The van der Waals surface area contributed by atoms with E-state index in [1.54, 1.807) is 6.08 Å². The molecule has 0 radical (unpaired) electrons. The Balaban J connectivity index is 2.27. The molecule has 0 atom stereocenters. The van der Waals surface area contributed by atoms with E-state index in [1.807, 2.05) is 30.3 Å². The van der Waals surface area contributed by atoms with E-state index in [0.29, 0.717) is 19.0 Å². The van der Waals surface area contributed by atoms with Gasteiger partial charge in [0.15, 0.2) is 0 Å². The number of ether oxygens (including phenoxy) is 1. The summed E-state index contributed by atoms with van der Waals surface area (Å²) in [6.45, 7) is 2.18. The van der Waals surface area contributed by atoms with E-state index in [2.05, 4.69) is 5.32 Å². The minimum Gasteiger partial charge on any atom is -0.447 e. The molecule has 1 N–H and O–H groups in total. The van der Waals surface area contributed by atoms with Gasteiger partial charge in [-0.2, -0.15) is 0 Å². The summed E-state index contributed by atoms with van der Waals surface area (Å²) in [5, 5.41) is 2.65. The molecule has 1 aromatic rings. The Bertz CT molecular complexity index is 482. The van der Waals surface area contributed by atoms with Crippen molar-refractivity contribution in [1.82, 2.24) is 10.2 Å². The lowest BCUT2D eigenvalue weighted by Gasteiger charge is -2.17. The number of nitrogens with one attached hydrogen (secondary N) is 1. The summed E-state index contributed by atoms with van der Waals surface area (Å²) in [6.07, 6.45) is 1.31. The molecule has 1 aliphatic heterocycles. The third-order valence-corrected chi connectivity index (χ3v) is 2.46. The first-order valence-corrected chi connectivity index (χ1v) is 5.65. The van der Waals surface area contributed by atoms with Crippen molar-refractivity contribution in [1.29, 1.82) is 0 Å². The quantitative estimate of drug-likeness (QED) is 0.880. The molecule has 0 saturated carbocycles. The number of benzene rings is 1. The van der Waals surface area contributed by atoms with Gasteiger partial charge < -0.3 is 10.1 Å². The van der Waals surface area contributed by atoms with E-state index >= 15 is 0 Å². The van der Waals surface area contributed by atoms with Crippen LogP contribution in [0.1, 0.15) is 12.5 Å². The lowest BCUT2D eigenvalue weighted by molar-refractivity contribution is -0.118. The average Bonchev–Trinajstić information content (AvgIpc) is 2.75. The second-order valence-electron chi connectivity index (χ2n) is 3.89. The van der Waals surface area contributed by atoms with Gasteiger partial charge in [0.25, 0.3) is 0 Å². The molecule has 1 saturated heterocycles. The van der Waals surface area contributed by atoms with Crippen LogP contribution in [0.4, 0.5) is 4.79 Å². The Kier molecular flexibility index (Phi) is 3.62. The highest BCUT2D eigenvalue weighted by Crippen LogP contribution is 2.13. The summed E-state index contributed by atoms with van der Waals surface area (Å²) >= 11 is 0. The maximum Gasteiger partial charge on any atom is 0.415 e. The van der Waals surface area contributed by atoms with Crippen molar-refractivity contribution >= 4 is 18.1 Å². The maximum atomic E-state index is 11.5. The highest BCUT2D eigenvalue weighted by atomic mass is 16.6. The fourth-order valence-electron chi connectivity index (χ4n) is 1.68. The van der Waals surface area contributed by atoms with Crippen LogP contribution in [0.3, 0.4) is 0 Å². The van der Waals surface area contributed by atoms with Crippen molar-refractivity contribution in [3.05, 3.63) is 41.7 Å². The van der Waals surface area contributed by atoms with Gasteiger partial charge in [-0.05, 0) is 11.6 Å². The topological polar surface area (TPSA) is 58.6 Å². The molecule has 94 valence electrons. The van der Waals surface area contributed by atoms with Gasteiger partial charge in [-0.15, -0.1) is 0 Å². The average molecular weight is 246 g/mol. The number of hydrogen-bond acceptors (Lipinski definition) is 3. The molecule has 0 spiro atoms. The van der Waals surface area contributed by atoms with Crippen LogP contribution < -0.4 is 5.32 Å². The molecule has 1 aliphatic rings. The van der Waals surface area contributed by atoms with Crippen LogP contribution in [0.2, 0.25) is 0 Å². The van der Waals surface area contributed by atoms with Crippen molar-refractivity contribution in [2.75, 3.05) is 13.2 Å². The SMILES string of the molecule is CC(=O)N/C(=C/c1ccccc1)N1CCOC1=O. The van der Waals surface area contributed by atoms with Gasteiger partial charge in [-0.3, -0.25) is 9.69 Å². The summed E-state index contributed by atoms with van der Waals surface area (Å²) in [6, 6.07) is 9.46. The molecule has 2 rings (SSSR count). The minimum absolute atomic E-state index is 0.225. The van der Waals surface area contributed by atoms with Crippen molar-refractivity contribution in [2.24, 2.45) is 0 Å². The monoisotopic (exact) mass is 246 g/mol. The summed E-state index contributed by atoms with van der Waals surface area (Å²) in [4.78, 5) is 24.1. The van der Waals surface area contributed by atoms with Gasteiger partial charge in [0.1, 0.15) is 12.4 Å². The molecule has 1 fully saturated rings. The summed E-state index contributed by atoms with van der Waals surface area (Å²) in [5.74, 6) is 0.216. The highest BCUT2D eigenvalue weighted by Gasteiger charge is 2.26. The Morgan fingerprint density at radius 2 is 2.11 bits per heavy atom. The van der Waals surface area contributed by atoms with Crippen LogP contribution in [-0.4, -0.2) is 30.1 Å². The predicted molar refractivity (Wildman–Crippen MR) is 66.3 cm³/mol. The van der Waals surface area contributed by atoms with Crippen LogP contribution in [0.25, 0.3) is 6.08 Å². The number of carbonyl (C=O) groups excluding carboxylic acids is 2. The normalized spacial score (nSPS) is 15.5. The zero-order valence-corrected chi connectivity index (χ0v) is 10.1. The van der Waals surface area contributed by atoms with E-state index < -0.39 is 6.09 Å². The first-order valence-electron chi connectivity index (χ1n) is 5.65. The van der Waals surface area contributed by atoms with Crippen molar-refractivity contribution in [2.45, 2.75) is 6.92 Å². The Labute approximate surface area is 105 Å². The van der Waals surface area contributed by atoms with Gasteiger partial charge in [0.05, 0.1) is 6.54 Å². The zero-order valence-electron chi connectivity index (χ0n) is 10.1. The van der Waals surface area contributed by atoms with Crippen LogP contribution in [0, 0.1) is 0 Å². The van der Waals surface area contributed by atoms with Crippen molar-refractivity contribution in [3.8, 4) is 0 Å². The second-order valence-corrected chi connectivity index (χ2v) is 3.89. The number of hydrogen-bond donors (Lipinski definition) is 1. The highest BCUT2D eigenvalue weighted by molar-refractivity contribution is 5.80. The van der Waals surface area contributed by atoms with Crippen LogP contribution in [0.15, 0.2) is 36.2 Å². The van der Waals surface area contributed by atoms with E-state index in [4.69, 9.17) is 4.74 Å². The third kappa shape index (κ3) is 2.88. The first kappa shape index (κ1) is 12.2. The van der Waals surface area contributed by atoms with Gasteiger partial charge in [-0.25, -0.2) is 4.79 Å². The first-order chi connectivity index (χ1) is 8.66. The fourth-order valence-corrected chi connectivity index (χ4v) is 1.68. The molecule has 1 heterocycles. The summed E-state index contributed by atoms with van der Waals surface area (Å²) < 4.78 is 4.86. The molecular weight excluding hydrogens is 232 g/mol. The Hall–Kier alpha value is -2.30. The van der Waals surface area contributed by atoms with Gasteiger partial charge in [0, 0.05) is 6.92 Å². The molecule has 1 aromatic carbocycles. The second kappa shape index (κ2) is 5.35. The van der Waals surface area contributed by atoms with Crippen LogP contribution in [-0.2, 0) is 9.53 Å². The standard InChI is InChI=1S/C13H14N2O3/c1-10(16)14-12(15-7-8-18-13(15)17)9-11-5-3-2-4-6-11/h2-6,9H,7-8H2,1H3,(H,14,16)/b12-9-. The summed E-state index contributed by atoms with van der Waals surface area (Å²) in [7, 11) is 0. The Morgan fingerprint density at radius 3 is 2.67 bits per heavy atom. The number of carbonyl (C=O) groups is 2. The third-order valence-electron chi connectivity index (χ3n) is 2.46. The van der Waals surface area contributed by atoms with Crippen LogP contribution in [0.5, 0.6) is 0 Å². The van der Waals surface area contributed by atoms with E-state index in [9.17, 15) is 9.59 Å². The molecule has 5 nitrogen and oxygen atoms in total. The molecular formula is C13H14N2O3. The van der Waals surface area contributed by atoms with Gasteiger partial charge in [-0.1, -0.05) is 30.3 Å². The molecule has 0 aromatic heterocycles. The lowest BCUT2D eigenvalue weighted by atomic mass is 10.2. The number of amides is 2. The molecule has 0 bridgehead atoms. The zero-order chi connectivity index (χ0) is 13.0. The molecule has 0 aliphatic carbocycles. The largest absolute Gasteiger partial charge is 0.447 e. The number of cyclic esters (lactones) is 1. The van der Waals surface area contributed by atoms with E-state index in [-0.39, 0.29) is 5.91 Å². The van der Waals surface area contributed by atoms with Gasteiger partial charge >= 0.3 is 6.09 Å². The smallest absolute Gasteiger partial charge is 0.415 e. The lowest BCUT2D eigenvalue weighted by Crippen LogP contribution is -2.34. The number of rotatable bonds is 3. The van der Waals surface area contributed by atoms with Crippen molar-refractivity contribution in [3.63, 3.8) is 0 Å².